The summed E-state index contributed by atoms with van der Waals surface area (Å²) in [6.07, 6.45) is 5.27. The fraction of sp³-hybridized carbons (Fsp3) is 0.333. The highest BCUT2D eigenvalue weighted by molar-refractivity contribution is 7.89. The van der Waals surface area contributed by atoms with Gasteiger partial charge in [0.25, 0.3) is 0 Å². The molecule has 11 heteroatoms. The van der Waals surface area contributed by atoms with Crippen molar-refractivity contribution < 1.29 is 18.0 Å². The molecule has 2 aromatic heterocycles. The molecular formula is C24H28N6O4S. The summed E-state index contributed by atoms with van der Waals surface area (Å²) in [5, 5.41) is 7.17. The van der Waals surface area contributed by atoms with E-state index in [1.165, 1.54) is 21.3 Å². The Kier molecular flexibility index (Phi) is 7.27. The predicted octanol–water partition coefficient (Wildman–Crippen LogP) is 2.35. The van der Waals surface area contributed by atoms with Gasteiger partial charge in [0.05, 0.1) is 17.4 Å². The Morgan fingerprint density at radius 3 is 2.43 bits per heavy atom. The van der Waals surface area contributed by atoms with Crippen LogP contribution in [0.4, 0.5) is 11.5 Å². The number of aromatic nitrogens is 3. The SMILES string of the molecule is CCN(CC)S(=O)(=O)c1ccc(N2CC(C(=O)Nc3ccn(Cc4ccncc4)n3)CC2=O)cc1. The Morgan fingerprint density at radius 1 is 1.09 bits per heavy atom. The zero-order valence-corrected chi connectivity index (χ0v) is 20.5. The molecule has 1 unspecified atom stereocenters. The lowest BCUT2D eigenvalue weighted by Crippen LogP contribution is -2.31. The van der Waals surface area contributed by atoms with E-state index in [2.05, 4.69) is 15.4 Å². The topological polar surface area (TPSA) is 118 Å². The third-order valence-electron chi connectivity index (χ3n) is 5.97. The van der Waals surface area contributed by atoms with Crippen molar-refractivity contribution in [3.63, 3.8) is 0 Å². The van der Waals surface area contributed by atoms with Gasteiger partial charge in [-0.2, -0.15) is 9.40 Å². The first kappa shape index (κ1) is 24.6. The lowest BCUT2D eigenvalue weighted by molar-refractivity contribution is -0.122. The number of hydrogen-bond donors (Lipinski definition) is 1. The van der Waals surface area contributed by atoms with Crippen molar-refractivity contribution in [2.24, 2.45) is 5.92 Å². The van der Waals surface area contributed by atoms with Crippen molar-refractivity contribution in [1.82, 2.24) is 19.1 Å². The smallest absolute Gasteiger partial charge is 0.243 e. The van der Waals surface area contributed by atoms with E-state index in [0.29, 0.717) is 31.1 Å². The summed E-state index contributed by atoms with van der Waals surface area (Å²) < 4.78 is 28.5. The first-order valence-corrected chi connectivity index (χ1v) is 12.9. The molecule has 0 aliphatic carbocycles. The quantitative estimate of drug-likeness (QED) is 0.486. The molecule has 35 heavy (non-hydrogen) atoms. The molecule has 184 valence electrons. The largest absolute Gasteiger partial charge is 0.312 e. The molecule has 1 atom stereocenters. The lowest BCUT2D eigenvalue weighted by Gasteiger charge is -2.20. The number of amides is 2. The van der Waals surface area contributed by atoms with Crippen LogP contribution in [-0.2, 0) is 26.2 Å². The van der Waals surface area contributed by atoms with Crippen molar-refractivity contribution in [2.75, 3.05) is 29.9 Å². The summed E-state index contributed by atoms with van der Waals surface area (Å²) in [7, 11) is -3.58. The van der Waals surface area contributed by atoms with Crippen molar-refractivity contribution in [2.45, 2.75) is 31.7 Å². The van der Waals surface area contributed by atoms with E-state index in [-0.39, 0.29) is 29.7 Å². The number of carbonyl (C=O) groups excluding carboxylic acids is 2. The molecule has 1 aliphatic heterocycles. The molecule has 1 saturated heterocycles. The van der Waals surface area contributed by atoms with Crippen LogP contribution in [0.3, 0.4) is 0 Å². The molecule has 1 fully saturated rings. The third-order valence-corrected chi connectivity index (χ3v) is 8.04. The van der Waals surface area contributed by atoms with E-state index in [4.69, 9.17) is 0 Å². The first-order valence-electron chi connectivity index (χ1n) is 11.5. The van der Waals surface area contributed by atoms with Gasteiger partial charge in [0.2, 0.25) is 21.8 Å². The van der Waals surface area contributed by atoms with Crippen LogP contribution in [0.2, 0.25) is 0 Å². The Morgan fingerprint density at radius 2 is 1.77 bits per heavy atom. The molecule has 1 N–H and O–H groups in total. The second-order valence-electron chi connectivity index (χ2n) is 8.23. The molecular weight excluding hydrogens is 468 g/mol. The van der Waals surface area contributed by atoms with Crippen LogP contribution in [-0.4, -0.2) is 58.9 Å². The molecule has 4 rings (SSSR count). The highest BCUT2D eigenvalue weighted by Gasteiger charge is 2.35. The number of nitrogens with zero attached hydrogens (tertiary/aromatic N) is 5. The standard InChI is InChI=1S/C24H28N6O4S/c1-3-29(4-2)35(33,34)21-7-5-20(6-8-21)30-17-19(15-23(30)31)24(32)26-22-11-14-28(27-22)16-18-9-12-25-13-10-18/h5-14,19H,3-4,15-17H2,1-2H3,(H,26,27,32). The zero-order chi connectivity index (χ0) is 25.0. The normalized spacial score (nSPS) is 16.1. The van der Waals surface area contributed by atoms with Gasteiger partial charge in [-0.05, 0) is 42.0 Å². The number of anilines is 2. The van der Waals surface area contributed by atoms with Crippen LogP contribution in [0.1, 0.15) is 25.8 Å². The summed E-state index contributed by atoms with van der Waals surface area (Å²) in [5.41, 5.74) is 1.60. The summed E-state index contributed by atoms with van der Waals surface area (Å²) in [6.45, 7) is 5.09. The average Bonchev–Trinajstić information content (AvgIpc) is 3.46. The van der Waals surface area contributed by atoms with Gasteiger partial charge in [-0.1, -0.05) is 13.8 Å². The molecule has 0 saturated carbocycles. The Labute approximate surface area is 204 Å². The number of carbonyl (C=O) groups is 2. The van der Waals surface area contributed by atoms with Gasteiger partial charge in [-0.15, -0.1) is 0 Å². The number of pyridine rings is 1. The summed E-state index contributed by atoms with van der Waals surface area (Å²) in [6, 6.07) is 11.7. The maximum atomic E-state index is 12.8. The molecule has 1 aromatic carbocycles. The van der Waals surface area contributed by atoms with Crippen molar-refractivity contribution in [3.8, 4) is 0 Å². The molecule has 0 spiro atoms. The van der Waals surface area contributed by atoms with Gasteiger partial charge >= 0.3 is 0 Å². The molecule has 1 aliphatic rings. The van der Waals surface area contributed by atoms with Crippen LogP contribution >= 0.6 is 0 Å². The minimum absolute atomic E-state index is 0.0725. The Hall–Kier alpha value is -3.57. The lowest BCUT2D eigenvalue weighted by atomic mass is 10.1. The number of nitrogens with one attached hydrogen (secondary N) is 1. The fourth-order valence-electron chi connectivity index (χ4n) is 4.06. The van der Waals surface area contributed by atoms with Crippen molar-refractivity contribution >= 4 is 33.3 Å². The number of hydrogen-bond acceptors (Lipinski definition) is 6. The Bertz CT molecular complexity index is 1290. The third kappa shape index (κ3) is 5.41. The van der Waals surface area contributed by atoms with E-state index in [0.717, 1.165) is 5.56 Å². The van der Waals surface area contributed by atoms with Crippen molar-refractivity contribution in [3.05, 3.63) is 66.6 Å². The Balaban J connectivity index is 1.38. The van der Waals surface area contributed by atoms with Gasteiger partial charge in [0, 0.05) is 56.4 Å². The van der Waals surface area contributed by atoms with E-state index in [1.807, 2.05) is 12.1 Å². The van der Waals surface area contributed by atoms with E-state index in [9.17, 15) is 18.0 Å². The van der Waals surface area contributed by atoms with E-state index >= 15 is 0 Å². The fourth-order valence-corrected chi connectivity index (χ4v) is 5.52. The van der Waals surface area contributed by atoms with Crippen LogP contribution in [0, 0.1) is 5.92 Å². The average molecular weight is 497 g/mol. The highest BCUT2D eigenvalue weighted by atomic mass is 32.2. The van der Waals surface area contributed by atoms with E-state index < -0.39 is 15.9 Å². The minimum atomic E-state index is -3.58. The molecule has 0 radical (unpaired) electrons. The predicted molar refractivity (Wildman–Crippen MR) is 131 cm³/mol. The maximum absolute atomic E-state index is 12.8. The van der Waals surface area contributed by atoms with Crippen LogP contribution in [0.5, 0.6) is 0 Å². The molecule has 3 heterocycles. The number of sulfonamides is 1. The van der Waals surface area contributed by atoms with Crippen LogP contribution in [0.15, 0.2) is 66.0 Å². The van der Waals surface area contributed by atoms with E-state index in [1.54, 1.807) is 55.3 Å². The van der Waals surface area contributed by atoms with Gasteiger partial charge in [0.1, 0.15) is 0 Å². The highest BCUT2D eigenvalue weighted by Crippen LogP contribution is 2.27. The molecule has 3 aromatic rings. The van der Waals surface area contributed by atoms with Gasteiger partial charge in [-0.25, -0.2) is 8.42 Å². The number of rotatable bonds is 9. The van der Waals surface area contributed by atoms with Gasteiger partial charge in [0.15, 0.2) is 5.82 Å². The number of benzene rings is 1. The second-order valence-corrected chi connectivity index (χ2v) is 10.2. The van der Waals surface area contributed by atoms with Crippen LogP contribution in [0.25, 0.3) is 0 Å². The van der Waals surface area contributed by atoms with Gasteiger partial charge in [-0.3, -0.25) is 19.3 Å². The summed E-state index contributed by atoms with van der Waals surface area (Å²) in [4.78, 5) is 31.1. The molecule has 0 bridgehead atoms. The maximum Gasteiger partial charge on any atom is 0.243 e. The summed E-state index contributed by atoms with van der Waals surface area (Å²) in [5.74, 6) is -0.587. The second kappa shape index (κ2) is 10.4. The monoisotopic (exact) mass is 496 g/mol. The summed E-state index contributed by atoms with van der Waals surface area (Å²) >= 11 is 0. The van der Waals surface area contributed by atoms with Crippen LogP contribution < -0.4 is 10.2 Å². The van der Waals surface area contributed by atoms with Gasteiger partial charge < -0.3 is 10.2 Å². The minimum Gasteiger partial charge on any atom is -0.312 e. The molecule has 10 nitrogen and oxygen atoms in total. The molecule has 2 amide bonds. The van der Waals surface area contributed by atoms with Crippen molar-refractivity contribution in [1.29, 1.82) is 0 Å². The zero-order valence-electron chi connectivity index (χ0n) is 19.7. The first-order chi connectivity index (χ1) is 16.8.